The smallest absolute Gasteiger partial charge is 0.304 e. The Bertz CT molecular complexity index is 447. The summed E-state index contributed by atoms with van der Waals surface area (Å²) in [6, 6.07) is 1.51. The minimum Gasteiger partial charge on any atom is -0.481 e. The van der Waals surface area contributed by atoms with Crippen LogP contribution >= 0.6 is 0 Å². The molecular formula is C8H11NO5S. The van der Waals surface area contributed by atoms with Gasteiger partial charge >= 0.3 is 5.97 Å². The van der Waals surface area contributed by atoms with E-state index in [9.17, 15) is 13.2 Å². The van der Waals surface area contributed by atoms with Crippen molar-refractivity contribution in [1.82, 2.24) is 5.16 Å². The molecule has 6 nitrogen and oxygen atoms in total. The second kappa shape index (κ2) is 4.43. The van der Waals surface area contributed by atoms with Crippen LogP contribution in [0.4, 0.5) is 0 Å². The molecule has 0 aliphatic carbocycles. The highest BCUT2D eigenvalue weighted by Crippen LogP contribution is 2.08. The molecule has 1 N–H and O–H groups in total. The molecule has 0 radical (unpaired) electrons. The summed E-state index contributed by atoms with van der Waals surface area (Å²) in [5, 5.41) is 11.9. The van der Waals surface area contributed by atoms with E-state index in [1.54, 1.807) is 6.92 Å². The number of carboxylic acids is 1. The highest BCUT2D eigenvalue weighted by molar-refractivity contribution is 7.90. The Hall–Kier alpha value is -1.37. The largest absolute Gasteiger partial charge is 0.481 e. The molecule has 0 spiro atoms. The fourth-order valence-electron chi connectivity index (χ4n) is 1.02. The number of aliphatic carboxylic acids is 1. The molecule has 15 heavy (non-hydrogen) atoms. The van der Waals surface area contributed by atoms with Gasteiger partial charge in [0, 0.05) is 6.07 Å². The third kappa shape index (κ3) is 4.11. The summed E-state index contributed by atoms with van der Waals surface area (Å²) in [6.07, 6.45) is -0.393. The molecule has 0 bridgehead atoms. The van der Waals surface area contributed by atoms with Crippen molar-refractivity contribution in [2.24, 2.45) is 0 Å². The van der Waals surface area contributed by atoms with Crippen molar-refractivity contribution < 1.29 is 22.8 Å². The van der Waals surface area contributed by atoms with Gasteiger partial charge in [0.2, 0.25) is 0 Å². The van der Waals surface area contributed by atoms with Crippen LogP contribution in [0.1, 0.15) is 17.9 Å². The quantitative estimate of drug-likeness (QED) is 0.789. The van der Waals surface area contributed by atoms with Crippen molar-refractivity contribution >= 4 is 15.8 Å². The maximum atomic E-state index is 11.4. The summed E-state index contributed by atoms with van der Waals surface area (Å²) in [4.78, 5) is 10.2. The van der Waals surface area contributed by atoms with Crippen molar-refractivity contribution in [3.8, 4) is 0 Å². The molecule has 0 amide bonds. The van der Waals surface area contributed by atoms with Crippen LogP contribution in [0.3, 0.4) is 0 Å². The zero-order valence-corrected chi connectivity index (χ0v) is 8.95. The number of carboxylic acid groups (broad SMARTS) is 1. The Balaban J connectivity index is 2.60. The third-order valence-electron chi connectivity index (χ3n) is 1.67. The van der Waals surface area contributed by atoms with Gasteiger partial charge in [-0.25, -0.2) is 8.42 Å². The zero-order valence-electron chi connectivity index (χ0n) is 8.13. The van der Waals surface area contributed by atoms with E-state index in [-0.39, 0.29) is 17.3 Å². The molecule has 0 unspecified atom stereocenters. The number of aromatic nitrogens is 1. The molecule has 0 aromatic carbocycles. The van der Waals surface area contributed by atoms with Crippen LogP contribution in [-0.4, -0.2) is 30.4 Å². The average molecular weight is 233 g/mol. The monoisotopic (exact) mass is 233 g/mol. The van der Waals surface area contributed by atoms with Crippen LogP contribution in [-0.2, 0) is 20.4 Å². The van der Waals surface area contributed by atoms with Crippen molar-refractivity contribution in [1.29, 1.82) is 0 Å². The lowest BCUT2D eigenvalue weighted by Gasteiger charge is -1.98. The second-order valence-corrected chi connectivity index (χ2v) is 5.35. The van der Waals surface area contributed by atoms with Gasteiger partial charge in [0.25, 0.3) is 0 Å². The molecule has 0 aliphatic heterocycles. The first-order valence-corrected chi connectivity index (χ1v) is 6.05. The summed E-state index contributed by atoms with van der Waals surface area (Å²) >= 11 is 0. The highest BCUT2D eigenvalue weighted by Gasteiger charge is 2.16. The Labute approximate surface area is 86.8 Å². The Morgan fingerprint density at radius 3 is 2.73 bits per heavy atom. The predicted molar refractivity (Wildman–Crippen MR) is 51.0 cm³/mol. The van der Waals surface area contributed by atoms with E-state index in [0.717, 1.165) is 0 Å². The van der Waals surface area contributed by atoms with Gasteiger partial charge < -0.3 is 9.63 Å². The molecule has 0 saturated carbocycles. The molecule has 0 atom stereocenters. The van der Waals surface area contributed by atoms with Crippen molar-refractivity contribution in [2.75, 3.05) is 5.75 Å². The number of sulfone groups is 1. The molecule has 0 fully saturated rings. The number of carbonyl (C=O) groups is 1. The van der Waals surface area contributed by atoms with Crippen LogP contribution in [0.15, 0.2) is 10.6 Å². The predicted octanol–water partition coefficient (Wildman–Crippen LogP) is 0.373. The van der Waals surface area contributed by atoms with E-state index in [4.69, 9.17) is 9.63 Å². The van der Waals surface area contributed by atoms with Crippen LogP contribution < -0.4 is 0 Å². The van der Waals surface area contributed by atoms with Crippen LogP contribution in [0.25, 0.3) is 0 Å². The van der Waals surface area contributed by atoms with Gasteiger partial charge in [-0.3, -0.25) is 4.79 Å². The summed E-state index contributed by atoms with van der Waals surface area (Å²) in [5.74, 6) is -1.59. The van der Waals surface area contributed by atoms with Crippen molar-refractivity contribution in [3.63, 3.8) is 0 Å². The number of aryl methyl sites for hydroxylation is 1. The molecular weight excluding hydrogens is 222 g/mol. The molecule has 1 aromatic rings. The molecule has 1 aromatic heterocycles. The summed E-state index contributed by atoms with van der Waals surface area (Å²) < 4.78 is 27.5. The molecule has 1 heterocycles. The third-order valence-corrected chi connectivity index (χ3v) is 3.22. The topological polar surface area (TPSA) is 97.5 Å². The van der Waals surface area contributed by atoms with E-state index in [1.807, 2.05) is 0 Å². The van der Waals surface area contributed by atoms with Crippen LogP contribution in [0.2, 0.25) is 0 Å². The van der Waals surface area contributed by atoms with Gasteiger partial charge in [0.1, 0.15) is 5.75 Å². The Morgan fingerprint density at radius 2 is 2.27 bits per heavy atom. The van der Waals surface area contributed by atoms with Crippen LogP contribution in [0, 0.1) is 6.92 Å². The minimum absolute atomic E-state index is 0.234. The second-order valence-electron chi connectivity index (χ2n) is 3.17. The van der Waals surface area contributed by atoms with Gasteiger partial charge in [-0.1, -0.05) is 5.16 Å². The minimum atomic E-state index is -3.43. The first-order chi connectivity index (χ1) is 6.89. The number of hydrogen-bond donors (Lipinski definition) is 1. The zero-order chi connectivity index (χ0) is 11.5. The summed E-state index contributed by atoms with van der Waals surface area (Å²) in [5.41, 5.74) is 0.596. The van der Waals surface area contributed by atoms with E-state index >= 15 is 0 Å². The SMILES string of the molecule is Cc1cc(CS(=O)(=O)CCC(=O)O)on1. The maximum Gasteiger partial charge on any atom is 0.304 e. The van der Waals surface area contributed by atoms with Crippen LogP contribution in [0.5, 0.6) is 0 Å². The van der Waals surface area contributed by atoms with Gasteiger partial charge in [0.15, 0.2) is 15.6 Å². The number of nitrogens with zero attached hydrogens (tertiary/aromatic N) is 1. The Morgan fingerprint density at radius 1 is 1.60 bits per heavy atom. The van der Waals surface area contributed by atoms with Gasteiger partial charge in [-0.05, 0) is 6.92 Å². The van der Waals surface area contributed by atoms with Crippen molar-refractivity contribution in [2.45, 2.75) is 19.1 Å². The summed E-state index contributed by atoms with van der Waals surface area (Å²) in [6.45, 7) is 1.68. The van der Waals surface area contributed by atoms with E-state index in [2.05, 4.69) is 5.16 Å². The summed E-state index contributed by atoms with van der Waals surface area (Å²) in [7, 11) is -3.43. The van der Waals surface area contributed by atoms with Gasteiger partial charge in [0.05, 0.1) is 17.9 Å². The molecule has 7 heteroatoms. The van der Waals surface area contributed by atoms with E-state index < -0.39 is 22.2 Å². The maximum absolute atomic E-state index is 11.4. The van der Waals surface area contributed by atoms with E-state index in [0.29, 0.717) is 5.69 Å². The van der Waals surface area contributed by atoms with Gasteiger partial charge in [-0.2, -0.15) is 0 Å². The van der Waals surface area contributed by atoms with Crippen molar-refractivity contribution in [3.05, 3.63) is 17.5 Å². The van der Waals surface area contributed by atoms with E-state index in [1.165, 1.54) is 6.07 Å². The first kappa shape index (κ1) is 11.7. The number of rotatable bonds is 5. The highest BCUT2D eigenvalue weighted by atomic mass is 32.2. The fourth-order valence-corrected chi connectivity index (χ4v) is 2.22. The lowest BCUT2D eigenvalue weighted by Crippen LogP contribution is -2.12. The average Bonchev–Trinajstić information content (AvgIpc) is 2.47. The molecule has 0 aliphatic rings. The van der Waals surface area contributed by atoms with Gasteiger partial charge in [-0.15, -0.1) is 0 Å². The fraction of sp³-hybridized carbons (Fsp3) is 0.500. The molecule has 1 rings (SSSR count). The lowest BCUT2D eigenvalue weighted by molar-refractivity contribution is -0.136. The lowest BCUT2D eigenvalue weighted by atomic mass is 10.4. The molecule has 0 saturated heterocycles. The standard InChI is InChI=1S/C8H11NO5S/c1-6-4-7(14-9-6)5-15(12,13)3-2-8(10)11/h4H,2-3,5H2,1H3,(H,10,11). The normalized spacial score (nSPS) is 11.5. The first-order valence-electron chi connectivity index (χ1n) is 4.23. The number of hydrogen-bond acceptors (Lipinski definition) is 5. The molecule has 84 valence electrons. The Kier molecular flexibility index (Phi) is 3.46.